The normalized spacial score (nSPS) is 12.8. The number of aromatic hydroxyl groups is 1. The van der Waals surface area contributed by atoms with Crippen molar-refractivity contribution in [2.24, 2.45) is 5.73 Å². The van der Waals surface area contributed by atoms with Gasteiger partial charge in [-0.3, -0.25) is 0 Å². The van der Waals surface area contributed by atoms with Crippen LogP contribution < -0.4 is 5.73 Å². The second-order valence-electron chi connectivity index (χ2n) is 2.80. The van der Waals surface area contributed by atoms with Crippen molar-refractivity contribution >= 4 is 15.9 Å². The predicted octanol–water partition coefficient (Wildman–Crippen LogP) is 1.19. The fourth-order valence-corrected chi connectivity index (χ4v) is 1.74. The highest BCUT2D eigenvalue weighted by atomic mass is 79.9. The lowest BCUT2D eigenvalue weighted by Gasteiger charge is -2.14. The summed E-state index contributed by atoms with van der Waals surface area (Å²) >= 11 is 3.25. The second-order valence-corrected chi connectivity index (χ2v) is 3.59. The molecule has 13 heavy (non-hydrogen) atoms. The van der Waals surface area contributed by atoms with Gasteiger partial charge in [-0.05, 0) is 27.6 Å². The van der Waals surface area contributed by atoms with Crippen molar-refractivity contribution in [1.29, 1.82) is 0 Å². The van der Waals surface area contributed by atoms with E-state index in [1.54, 1.807) is 12.1 Å². The average Bonchev–Trinajstić information content (AvgIpc) is 2.14. The summed E-state index contributed by atoms with van der Waals surface area (Å²) in [7, 11) is 0. The van der Waals surface area contributed by atoms with Crippen LogP contribution in [0, 0.1) is 0 Å². The van der Waals surface area contributed by atoms with Gasteiger partial charge in [0, 0.05) is 12.5 Å². The molecule has 0 bridgehead atoms. The summed E-state index contributed by atoms with van der Waals surface area (Å²) in [4.78, 5) is 0. The van der Waals surface area contributed by atoms with Gasteiger partial charge in [0.15, 0.2) is 0 Å². The molecule has 0 saturated carbocycles. The van der Waals surface area contributed by atoms with Crippen LogP contribution in [0.25, 0.3) is 0 Å². The highest BCUT2D eigenvalue weighted by Crippen LogP contribution is 2.31. The summed E-state index contributed by atoms with van der Waals surface area (Å²) in [5, 5.41) is 18.4. The van der Waals surface area contributed by atoms with Crippen molar-refractivity contribution in [2.45, 2.75) is 5.92 Å². The molecule has 4 heteroatoms. The van der Waals surface area contributed by atoms with E-state index in [4.69, 9.17) is 10.8 Å². The summed E-state index contributed by atoms with van der Waals surface area (Å²) in [6.45, 7) is 0.344. The van der Waals surface area contributed by atoms with E-state index in [1.807, 2.05) is 6.07 Å². The summed E-state index contributed by atoms with van der Waals surface area (Å²) in [5.41, 5.74) is 6.31. The van der Waals surface area contributed by atoms with E-state index in [0.717, 1.165) is 5.56 Å². The molecule has 0 saturated heterocycles. The molecule has 0 amide bonds. The van der Waals surface area contributed by atoms with Crippen LogP contribution in [-0.4, -0.2) is 23.4 Å². The Kier molecular flexibility index (Phi) is 3.71. The molecule has 0 spiro atoms. The molecule has 1 aromatic carbocycles. The fourth-order valence-electron chi connectivity index (χ4n) is 1.15. The van der Waals surface area contributed by atoms with Gasteiger partial charge in [-0.25, -0.2) is 0 Å². The zero-order valence-corrected chi connectivity index (χ0v) is 8.66. The first-order valence-electron chi connectivity index (χ1n) is 3.99. The van der Waals surface area contributed by atoms with E-state index < -0.39 is 0 Å². The lowest BCUT2D eigenvalue weighted by atomic mass is 10.0. The third kappa shape index (κ3) is 2.21. The molecular formula is C9H12BrNO2. The van der Waals surface area contributed by atoms with E-state index in [-0.39, 0.29) is 18.3 Å². The number of hydrogen-bond acceptors (Lipinski definition) is 3. The minimum atomic E-state index is -0.124. The molecule has 0 aliphatic heterocycles. The van der Waals surface area contributed by atoms with Crippen molar-refractivity contribution in [3.63, 3.8) is 0 Å². The van der Waals surface area contributed by atoms with Crippen LogP contribution in [0.4, 0.5) is 0 Å². The lowest BCUT2D eigenvalue weighted by molar-refractivity contribution is 0.267. The van der Waals surface area contributed by atoms with Crippen LogP contribution in [0.2, 0.25) is 0 Å². The smallest absolute Gasteiger partial charge is 0.130 e. The molecule has 1 aromatic rings. The minimum absolute atomic E-state index is 0.0153. The van der Waals surface area contributed by atoms with Gasteiger partial charge in [0.05, 0.1) is 11.1 Å². The van der Waals surface area contributed by atoms with Crippen molar-refractivity contribution in [1.82, 2.24) is 0 Å². The summed E-state index contributed by atoms with van der Waals surface area (Å²) in [6, 6.07) is 5.14. The number of halogens is 1. The van der Waals surface area contributed by atoms with Crippen LogP contribution in [0.15, 0.2) is 22.7 Å². The Morgan fingerprint density at radius 1 is 1.46 bits per heavy atom. The maximum atomic E-state index is 9.37. The van der Waals surface area contributed by atoms with Gasteiger partial charge >= 0.3 is 0 Å². The minimum Gasteiger partial charge on any atom is -0.507 e. The number of aliphatic hydroxyl groups is 1. The molecule has 3 nitrogen and oxygen atoms in total. The summed E-state index contributed by atoms with van der Waals surface area (Å²) < 4.78 is 0.611. The van der Waals surface area contributed by atoms with Crippen LogP contribution in [0.1, 0.15) is 11.5 Å². The Labute approximate surface area is 85.3 Å². The molecule has 0 aromatic heterocycles. The van der Waals surface area contributed by atoms with Gasteiger partial charge in [0.2, 0.25) is 0 Å². The predicted molar refractivity (Wildman–Crippen MR) is 54.7 cm³/mol. The molecule has 4 N–H and O–H groups in total. The second kappa shape index (κ2) is 4.60. The van der Waals surface area contributed by atoms with Crippen molar-refractivity contribution < 1.29 is 10.2 Å². The van der Waals surface area contributed by atoms with Crippen LogP contribution in [-0.2, 0) is 0 Å². The number of nitrogens with two attached hydrogens (primary N) is 1. The SMILES string of the molecule is NCC(CO)c1cccc(O)c1Br. The quantitative estimate of drug-likeness (QED) is 0.750. The molecule has 1 unspecified atom stereocenters. The molecule has 1 atom stereocenters. The van der Waals surface area contributed by atoms with Gasteiger partial charge in [0.25, 0.3) is 0 Å². The maximum Gasteiger partial charge on any atom is 0.130 e. The summed E-state index contributed by atoms with van der Waals surface area (Å²) in [5.74, 6) is 0.0471. The number of phenols is 1. The Morgan fingerprint density at radius 3 is 2.69 bits per heavy atom. The highest BCUT2D eigenvalue weighted by molar-refractivity contribution is 9.10. The molecular weight excluding hydrogens is 234 g/mol. The van der Waals surface area contributed by atoms with E-state index in [9.17, 15) is 5.11 Å². The number of hydrogen-bond donors (Lipinski definition) is 3. The van der Waals surface area contributed by atoms with E-state index in [2.05, 4.69) is 15.9 Å². The number of rotatable bonds is 3. The molecule has 1 rings (SSSR count). The largest absolute Gasteiger partial charge is 0.507 e. The van der Waals surface area contributed by atoms with Gasteiger partial charge in [0.1, 0.15) is 5.75 Å². The first kappa shape index (κ1) is 10.5. The third-order valence-electron chi connectivity index (χ3n) is 1.95. The van der Waals surface area contributed by atoms with Crippen molar-refractivity contribution in [3.8, 4) is 5.75 Å². The molecule has 0 heterocycles. The van der Waals surface area contributed by atoms with Crippen LogP contribution >= 0.6 is 15.9 Å². The van der Waals surface area contributed by atoms with Crippen LogP contribution in [0.5, 0.6) is 5.75 Å². The molecule has 72 valence electrons. The number of phenolic OH excluding ortho intramolecular Hbond substituents is 1. The zero-order chi connectivity index (χ0) is 9.84. The Hall–Kier alpha value is -0.580. The standard InChI is InChI=1S/C9H12BrNO2/c10-9-7(6(4-11)5-12)2-1-3-8(9)13/h1-3,6,12-13H,4-5,11H2. The van der Waals surface area contributed by atoms with E-state index in [1.165, 1.54) is 0 Å². The van der Waals surface area contributed by atoms with Gasteiger partial charge in [-0.15, -0.1) is 0 Å². The lowest BCUT2D eigenvalue weighted by Crippen LogP contribution is -2.16. The van der Waals surface area contributed by atoms with Gasteiger partial charge in [-0.2, -0.15) is 0 Å². The van der Waals surface area contributed by atoms with E-state index >= 15 is 0 Å². The molecule has 0 aliphatic rings. The molecule has 0 radical (unpaired) electrons. The Bertz CT molecular complexity index is 287. The zero-order valence-electron chi connectivity index (χ0n) is 7.07. The first-order chi connectivity index (χ1) is 6.20. The molecule has 0 fully saturated rings. The topological polar surface area (TPSA) is 66.5 Å². The highest BCUT2D eigenvalue weighted by Gasteiger charge is 2.13. The van der Waals surface area contributed by atoms with Gasteiger partial charge < -0.3 is 15.9 Å². The Morgan fingerprint density at radius 2 is 2.15 bits per heavy atom. The fraction of sp³-hybridized carbons (Fsp3) is 0.333. The van der Waals surface area contributed by atoms with Crippen molar-refractivity contribution in [3.05, 3.63) is 28.2 Å². The number of aliphatic hydroxyl groups excluding tert-OH is 1. The van der Waals surface area contributed by atoms with Crippen molar-refractivity contribution in [2.75, 3.05) is 13.2 Å². The van der Waals surface area contributed by atoms with E-state index in [0.29, 0.717) is 11.0 Å². The Balaban J connectivity index is 3.05. The number of benzene rings is 1. The third-order valence-corrected chi connectivity index (χ3v) is 2.82. The first-order valence-corrected chi connectivity index (χ1v) is 4.78. The average molecular weight is 246 g/mol. The summed E-state index contributed by atoms with van der Waals surface area (Å²) in [6.07, 6.45) is 0. The maximum absolute atomic E-state index is 9.37. The van der Waals surface area contributed by atoms with Gasteiger partial charge in [-0.1, -0.05) is 12.1 Å². The van der Waals surface area contributed by atoms with Crippen LogP contribution in [0.3, 0.4) is 0 Å². The monoisotopic (exact) mass is 245 g/mol. The molecule has 0 aliphatic carbocycles.